The molecule has 6 aromatic carbocycles. The summed E-state index contributed by atoms with van der Waals surface area (Å²) in [6.07, 6.45) is 4.77. The number of hydrogen-bond acceptors (Lipinski definition) is 1. The topological polar surface area (TPSA) is 8.17 Å². The second kappa shape index (κ2) is 10.00. The van der Waals surface area contributed by atoms with Gasteiger partial charge in [0, 0.05) is 28.4 Å². The Balaban J connectivity index is 1.14. The van der Waals surface area contributed by atoms with Crippen LogP contribution >= 0.6 is 0 Å². The third-order valence-corrected chi connectivity index (χ3v) is 9.35. The highest BCUT2D eigenvalue weighted by atomic mass is 15.2. The van der Waals surface area contributed by atoms with Crippen molar-refractivity contribution in [1.82, 2.24) is 4.57 Å². The first-order chi connectivity index (χ1) is 21.8. The van der Waals surface area contributed by atoms with Gasteiger partial charge < -0.3 is 9.47 Å². The Morgan fingerprint density at radius 3 is 1.91 bits per heavy atom. The van der Waals surface area contributed by atoms with Crippen molar-refractivity contribution in [3.05, 3.63) is 181 Å². The number of para-hydroxylation sites is 3. The van der Waals surface area contributed by atoms with E-state index in [1.54, 1.807) is 0 Å². The summed E-state index contributed by atoms with van der Waals surface area (Å²) in [5.74, 6) is 0.239. The Kier molecular flexibility index (Phi) is 5.67. The third-order valence-electron chi connectivity index (χ3n) is 9.35. The van der Waals surface area contributed by atoms with Gasteiger partial charge in [0.2, 0.25) is 0 Å². The molecule has 0 N–H and O–H groups in total. The van der Waals surface area contributed by atoms with Gasteiger partial charge in [-0.25, -0.2) is 0 Å². The number of anilines is 2. The Morgan fingerprint density at radius 2 is 1.11 bits per heavy atom. The Morgan fingerprint density at radius 1 is 0.477 bits per heavy atom. The summed E-state index contributed by atoms with van der Waals surface area (Å²) < 4.78 is 2.43. The molecular formula is C42H30N2. The van der Waals surface area contributed by atoms with E-state index >= 15 is 0 Å². The first kappa shape index (κ1) is 24.9. The SMILES string of the molecule is C1=CC2C(c3ccccc3N2c2ccc(-c3cccc(-c4ccccc4)c3)cc2)c2c1n(-c1ccccc1)c1ccccc21. The van der Waals surface area contributed by atoms with Gasteiger partial charge in [-0.15, -0.1) is 0 Å². The molecule has 2 aliphatic rings. The number of fused-ring (bicyclic) bond motifs is 7. The summed E-state index contributed by atoms with van der Waals surface area (Å²) in [7, 11) is 0. The molecule has 2 atom stereocenters. The molecule has 0 saturated heterocycles. The van der Waals surface area contributed by atoms with Crippen molar-refractivity contribution < 1.29 is 0 Å². The molecule has 9 rings (SSSR count). The molecule has 0 fully saturated rings. The zero-order valence-electron chi connectivity index (χ0n) is 24.2. The summed E-state index contributed by atoms with van der Waals surface area (Å²) in [4.78, 5) is 2.54. The smallest absolute Gasteiger partial charge is 0.0637 e. The van der Waals surface area contributed by atoms with Gasteiger partial charge in [-0.2, -0.15) is 0 Å². The average molecular weight is 563 g/mol. The van der Waals surface area contributed by atoms with Gasteiger partial charge in [0.1, 0.15) is 0 Å². The fraction of sp³-hybridized carbons (Fsp3) is 0.0476. The minimum Gasteiger partial charge on any atom is -0.333 e. The van der Waals surface area contributed by atoms with E-state index in [9.17, 15) is 0 Å². The van der Waals surface area contributed by atoms with E-state index in [2.05, 4.69) is 179 Å². The van der Waals surface area contributed by atoms with E-state index in [1.165, 1.54) is 67.0 Å². The standard InChI is InChI=1S/C42H30N2/c1-3-12-29(13-4-1)31-14-11-15-32(28-31)30-22-24-34(25-23-30)44-38-21-10-8-19-36(38)42-40(44)27-26-39-41(42)35-18-7-9-20-37(35)43(39)33-16-5-2-6-17-33/h1-28,40,42H. The van der Waals surface area contributed by atoms with Crippen molar-refractivity contribution in [2.45, 2.75) is 12.0 Å². The lowest BCUT2D eigenvalue weighted by atomic mass is 9.82. The molecule has 0 amide bonds. The lowest BCUT2D eigenvalue weighted by Crippen LogP contribution is -2.30. The first-order valence-corrected chi connectivity index (χ1v) is 15.4. The molecule has 208 valence electrons. The highest BCUT2D eigenvalue weighted by Crippen LogP contribution is 2.53. The fourth-order valence-corrected chi connectivity index (χ4v) is 7.44. The summed E-state index contributed by atoms with van der Waals surface area (Å²) in [5, 5.41) is 1.33. The maximum Gasteiger partial charge on any atom is 0.0637 e. The molecule has 44 heavy (non-hydrogen) atoms. The number of benzene rings is 6. The van der Waals surface area contributed by atoms with E-state index in [1.807, 2.05) is 0 Å². The van der Waals surface area contributed by atoms with Crippen molar-refractivity contribution in [3.8, 4) is 27.9 Å². The van der Waals surface area contributed by atoms with Crippen LogP contribution in [0.15, 0.2) is 164 Å². The molecule has 2 nitrogen and oxygen atoms in total. The Bertz CT molecular complexity index is 2170. The quantitative estimate of drug-likeness (QED) is 0.207. The fourth-order valence-electron chi connectivity index (χ4n) is 7.44. The molecular weight excluding hydrogens is 532 g/mol. The normalized spacial score (nSPS) is 16.5. The van der Waals surface area contributed by atoms with Crippen LogP contribution in [0.25, 0.3) is 44.9 Å². The molecule has 0 spiro atoms. The zero-order valence-corrected chi connectivity index (χ0v) is 24.2. The van der Waals surface area contributed by atoms with Crippen molar-refractivity contribution >= 4 is 28.4 Å². The zero-order chi connectivity index (χ0) is 29.0. The third kappa shape index (κ3) is 3.81. The molecule has 1 aromatic heterocycles. The van der Waals surface area contributed by atoms with Crippen LogP contribution in [-0.2, 0) is 0 Å². The van der Waals surface area contributed by atoms with E-state index in [0.717, 1.165) is 0 Å². The van der Waals surface area contributed by atoms with Crippen LogP contribution in [0.3, 0.4) is 0 Å². The van der Waals surface area contributed by atoms with Crippen LogP contribution in [0.4, 0.5) is 11.4 Å². The largest absolute Gasteiger partial charge is 0.333 e. The number of nitrogens with zero attached hydrogens (tertiary/aromatic N) is 2. The molecule has 2 heterocycles. The maximum atomic E-state index is 2.54. The van der Waals surface area contributed by atoms with Crippen LogP contribution in [0, 0.1) is 0 Å². The summed E-state index contributed by atoms with van der Waals surface area (Å²) in [5.41, 5.74) is 14.0. The second-order valence-corrected chi connectivity index (χ2v) is 11.7. The Labute approximate surface area is 257 Å². The van der Waals surface area contributed by atoms with Crippen molar-refractivity contribution in [2.24, 2.45) is 0 Å². The molecule has 2 heteroatoms. The van der Waals surface area contributed by atoms with Crippen LogP contribution in [-0.4, -0.2) is 10.6 Å². The average Bonchev–Trinajstić information content (AvgIpc) is 3.62. The van der Waals surface area contributed by atoms with Crippen molar-refractivity contribution in [1.29, 1.82) is 0 Å². The van der Waals surface area contributed by atoms with E-state index in [0.29, 0.717) is 0 Å². The summed E-state index contributed by atoms with van der Waals surface area (Å²) in [6, 6.07) is 57.4. The lowest BCUT2D eigenvalue weighted by Gasteiger charge is -2.31. The minimum atomic E-state index is 0.196. The molecule has 0 radical (unpaired) electrons. The van der Waals surface area contributed by atoms with Gasteiger partial charge in [0.15, 0.2) is 0 Å². The molecule has 7 aromatic rings. The van der Waals surface area contributed by atoms with Crippen LogP contribution in [0.1, 0.15) is 22.7 Å². The van der Waals surface area contributed by atoms with E-state index < -0.39 is 0 Å². The first-order valence-electron chi connectivity index (χ1n) is 15.4. The maximum absolute atomic E-state index is 2.54. The number of hydrogen-bond donors (Lipinski definition) is 0. The molecule has 2 unspecified atom stereocenters. The molecule has 0 saturated carbocycles. The predicted octanol–water partition coefficient (Wildman–Crippen LogP) is 10.6. The van der Waals surface area contributed by atoms with Gasteiger partial charge in [0.25, 0.3) is 0 Å². The number of rotatable bonds is 4. The molecule has 1 aliphatic carbocycles. The van der Waals surface area contributed by atoms with Crippen LogP contribution in [0.5, 0.6) is 0 Å². The Hall–Kier alpha value is -5.60. The van der Waals surface area contributed by atoms with E-state index in [-0.39, 0.29) is 12.0 Å². The van der Waals surface area contributed by atoms with Crippen molar-refractivity contribution in [2.75, 3.05) is 4.90 Å². The summed E-state index contributed by atoms with van der Waals surface area (Å²) in [6.45, 7) is 0. The minimum absolute atomic E-state index is 0.196. The lowest BCUT2D eigenvalue weighted by molar-refractivity contribution is 0.725. The van der Waals surface area contributed by atoms with Crippen LogP contribution in [0.2, 0.25) is 0 Å². The second-order valence-electron chi connectivity index (χ2n) is 11.7. The van der Waals surface area contributed by atoms with Crippen molar-refractivity contribution in [3.63, 3.8) is 0 Å². The highest BCUT2D eigenvalue weighted by molar-refractivity contribution is 5.94. The monoisotopic (exact) mass is 562 g/mol. The number of aromatic nitrogens is 1. The van der Waals surface area contributed by atoms with Crippen LogP contribution < -0.4 is 4.90 Å². The summed E-state index contributed by atoms with van der Waals surface area (Å²) >= 11 is 0. The predicted molar refractivity (Wildman–Crippen MR) is 184 cm³/mol. The van der Waals surface area contributed by atoms with Gasteiger partial charge in [-0.3, -0.25) is 0 Å². The highest BCUT2D eigenvalue weighted by Gasteiger charge is 2.43. The van der Waals surface area contributed by atoms with E-state index in [4.69, 9.17) is 0 Å². The molecule has 0 bridgehead atoms. The van der Waals surface area contributed by atoms with Gasteiger partial charge in [-0.1, -0.05) is 121 Å². The van der Waals surface area contributed by atoms with Gasteiger partial charge in [-0.05, 0) is 81.9 Å². The van der Waals surface area contributed by atoms with Gasteiger partial charge >= 0.3 is 0 Å². The molecule has 1 aliphatic heterocycles. The van der Waals surface area contributed by atoms with Gasteiger partial charge in [0.05, 0.1) is 17.3 Å².